The van der Waals surface area contributed by atoms with Crippen molar-refractivity contribution in [2.75, 3.05) is 0 Å². The van der Waals surface area contributed by atoms with E-state index < -0.39 is 5.97 Å². The highest BCUT2D eigenvalue weighted by Gasteiger charge is 2.12. The Balaban J connectivity index is 2.04. The molecule has 22 heavy (non-hydrogen) atoms. The molecule has 0 aliphatic rings. The summed E-state index contributed by atoms with van der Waals surface area (Å²) in [5.41, 5.74) is 2.89. The van der Waals surface area contributed by atoms with E-state index in [0.29, 0.717) is 18.0 Å². The average Bonchev–Trinajstić information content (AvgIpc) is 2.87. The Kier molecular flexibility index (Phi) is 4.11. The van der Waals surface area contributed by atoms with Crippen LogP contribution in [0.25, 0.3) is 22.4 Å². The number of fused-ring (bicyclic) bond motifs is 1. The van der Waals surface area contributed by atoms with Gasteiger partial charge in [-0.25, -0.2) is 4.98 Å². The van der Waals surface area contributed by atoms with Gasteiger partial charge in [-0.3, -0.25) is 4.79 Å². The normalized spacial score (nSPS) is 11.0. The molecule has 0 atom stereocenters. The van der Waals surface area contributed by atoms with E-state index in [2.05, 4.69) is 9.55 Å². The van der Waals surface area contributed by atoms with Crippen LogP contribution in [0, 0.1) is 0 Å². The average molecular weight is 315 g/mol. The minimum Gasteiger partial charge on any atom is -0.481 e. The van der Waals surface area contributed by atoms with Crippen LogP contribution in [0.15, 0.2) is 48.5 Å². The van der Waals surface area contributed by atoms with Gasteiger partial charge >= 0.3 is 5.97 Å². The first-order chi connectivity index (χ1) is 10.6. The molecule has 0 radical (unpaired) electrons. The van der Waals surface area contributed by atoms with Gasteiger partial charge in [-0.1, -0.05) is 23.7 Å². The highest BCUT2D eigenvalue weighted by Crippen LogP contribution is 2.26. The van der Waals surface area contributed by atoms with E-state index in [1.807, 2.05) is 48.5 Å². The summed E-state index contributed by atoms with van der Waals surface area (Å²) in [5, 5.41) is 9.51. The molecule has 0 aliphatic carbocycles. The quantitative estimate of drug-likeness (QED) is 0.767. The molecule has 0 saturated carbocycles. The molecule has 3 rings (SSSR count). The Morgan fingerprint density at radius 3 is 2.59 bits per heavy atom. The van der Waals surface area contributed by atoms with Gasteiger partial charge in [0.05, 0.1) is 11.0 Å². The van der Waals surface area contributed by atoms with Crippen LogP contribution in [0.1, 0.15) is 12.8 Å². The van der Waals surface area contributed by atoms with E-state index in [-0.39, 0.29) is 6.42 Å². The highest BCUT2D eigenvalue weighted by atomic mass is 35.5. The third kappa shape index (κ3) is 2.97. The fourth-order valence-electron chi connectivity index (χ4n) is 2.51. The number of aromatic nitrogens is 2. The van der Waals surface area contributed by atoms with Crippen molar-refractivity contribution in [3.05, 3.63) is 53.6 Å². The Morgan fingerprint density at radius 2 is 1.86 bits per heavy atom. The Hall–Kier alpha value is -2.33. The van der Waals surface area contributed by atoms with Crippen molar-refractivity contribution < 1.29 is 9.90 Å². The minimum absolute atomic E-state index is 0.145. The summed E-state index contributed by atoms with van der Waals surface area (Å²) in [6, 6.07) is 15.4. The smallest absolute Gasteiger partial charge is 0.303 e. The third-order valence-corrected chi connectivity index (χ3v) is 3.78. The summed E-state index contributed by atoms with van der Waals surface area (Å²) < 4.78 is 2.07. The molecule has 1 N–H and O–H groups in total. The predicted molar refractivity (Wildman–Crippen MR) is 87.0 cm³/mol. The van der Waals surface area contributed by atoms with Crippen molar-refractivity contribution >= 4 is 28.6 Å². The second-order valence-electron chi connectivity index (χ2n) is 5.08. The number of hydrogen-bond donors (Lipinski definition) is 1. The summed E-state index contributed by atoms with van der Waals surface area (Å²) in [5.74, 6) is 0.0562. The summed E-state index contributed by atoms with van der Waals surface area (Å²) in [6.45, 7) is 0.616. The number of aryl methyl sites for hydroxylation is 1. The van der Waals surface area contributed by atoms with Crippen LogP contribution >= 0.6 is 11.6 Å². The molecule has 0 fully saturated rings. The van der Waals surface area contributed by atoms with Crippen LogP contribution in [0.5, 0.6) is 0 Å². The van der Waals surface area contributed by atoms with Gasteiger partial charge in [-0.15, -0.1) is 0 Å². The first kappa shape index (κ1) is 14.6. The molecule has 2 aromatic carbocycles. The summed E-state index contributed by atoms with van der Waals surface area (Å²) in [4.78, 5) is 15.4. The van der Waals surface area contributed by atoms with Gasteiger partial charge < -0.3 is 9.67 Å². The first-order valence-electron chi connectivity index (χ1n) is 7.08. The Labute approximate surface area is 133 Å². The van der Waals surface area contributed by atoms with Gasteiger partial charge in [-0.05, 0) is 42.8 Å². The fraction of sp³-hybridized carbons (Fsp3) is 0.176. The molecule has 5 heteroatoms. The summed E-state index contributed by atoms with van der Waals surface area (Å²) >= 11 is 5.94. The van der Waals surface area contributed by atoms with Gasteiger partial charge in [-0.2, -0.15) is 0 Å². The minimum atomic E-state index is -0.780. The SMILES string of the molecule is O=C(O)CCCn1c(-c2ccc(Cl)cc2)nc2ccccc21. The number of para-hydroxylation sites is 2. The Morgan fingerprint density at radius 1 is 1.14 bits per heavy atom. The van der Waals surface area contributed by atoms with Crippen molar-refractivity contribution in [3.8, 4) is 11.4 Å². The van der Waals surface area contributed by atoms with Crippen LogP contribution < -0.4 is 0 Å². The van der Waals surface area contributed by atoms with Crippen LogP contribution in [-0.2, 0) is 11.3 Å². The number of hydrogen-bond acceptors (Lipinski definition) is 2. The van der Waals surface area contributed by atoms with Crippen LogP contribution in [0.4, 0.5) is 0 Å². The molecule has 0 amide bonds. The second kappa shape index (κ2) is 6.20. The molecular weight excluding hydrogens is 300 g/mol. The lowest BCUT2D eigenvalue weighted by Gasteiger charge is -2.08. The lowest BCUT2D eigenvalue weighted by molar-refractivity contribution is -0.137. The van der Waals surface area contributed by atoms with E-state index in [0.717, 1.165) is 22.4 Å². The number of carboxylic acid groups (broad SMARTS) is 1. The van der Waals surface area contributed by atoms with E-state index in [1.54, 1.807) is 0 Å². The molecule has 1 aromatic heterocycles. The molecule has 112 valence electrons. The molecule has 0 spiro atoms. The lowest BCUT2D eigenvalue weighted by atomic mass is 10.2. The fourth-order valence-corrected chi connectivity index (χ4v) is 2.64. The van der Waals surface area contributed by atoms with Crippen LogP contribution in [-0.4, -0.2) is 20.6 Å². The third-order valence-electron chi connectivity index (χ3n) is 3.53. The molecule has 4 nitrogen and oxygen atoms in total. The van der Waals surface area contributed by atoms with Gasteiger partial charge in [0.2, 0.25) is 0 Å². The number of carbonyl (C=O) groups is 1. The van der Waals surface area contributed by atoms with Gasteiger partial charge in [0.15, 0.2) is 0 Å². The van der Waals surface area contributed by atoms with E-state index in [1.165, 1.54) is 0 Å². The van der Waals surface area contributed by atoms with E-state index in [4.69, 9.17) is 16.7 Å². The molecule has 0 saturated heterocycles. The largest absolute Gasteiger partial charge is 0.481 e. The standard InChI is InChI=1S/C17H15ClN2O2/c18-13-9-7-12(8-10-13)17-19-14-4-1-2-5-15(14)20(17)11-3-6-16(21)22/h1-2,4-5,7-10H,3,6,11H2,(H,21,22). The first-order valence-corrected chi connectivity index (χ1v) is 7.46. The lowest BCUT2D eigenvalue weighted by Crippen LogP contribution is -2.03. The number of halogens is 1. The van der Waals surface area contributed by atoms with Gasteiger partial charge in [0.1, 0.15) is 5.82 Å². The van der Waals surface area contributed by atoms with Crippen molar-refractivity contribution in [3.63, 3.8) is 0 Å². The summed E-state index contributed by atoms with van der Waals surface area (Å²) in [7, 11) is 0. The monoisotopic (exact) mass is 314 g/mol. The molecule has 1 heterocycles. The molecular formula is C17H15ClN2O2. The number of carboxylic acids is 1. The van der Waals surface area contributed by atoms with Crippen molar-refractivity contribution in [1.29, 1.82) is 0 Å². The second-order valence-corrected chi connectivity index (χ2v) is 5.52. The maximum atomic E-state index is 10.7. The van der Waals surface area contributed by atoms with Crippen molar-refractivity contribution in [2.45, 2.75) is 19.4 Å². The molecule has 0 unspecified atom stereocenters. The van der Waals surface area contributed by atoms with Crippen molar-refractivity contribution in [2.24, 2.45) is 0 Å². The van der Waals surface area contributed by atoms with Crippen molar-refractivity contribution in [1.82, 2.24) is 9.55 Å². The molecule has 3 aromatic rings. The maximum Gasteiger partial charge on any atom is 0.303 e. The van der Waals surface area contributed by atoms with Gasteiger partial charge in [0, 0.05) is 23.6 Å². The zero-order chi connectivity index (χ0) is 15.5. The summed E-state index contributed by atoms with van der Waals surface area (Å²) in [6.07, 6.45) is 0.711. The maximum absolute atomic E-state index is 10.7. The van der Waals surface area contributed by atoms with Gasteiger partial charge in [0.25, 0.3) is 0 Å². The van der Waals surface area contributed by atoms with E-state index in [9.17, 15) is 4.79 Å². The zero-order valence-corrected chi connectivity index (χ0v) is 12.6. The Bertz CT molecular complexity index is 809. The number of imidazole rings is 1. The van der Waals surface area contributed by atoms with Crippen LogP contribution in [0.3, 0.4) is 0 Å². The van der Waals surface area contributed by atoms with Crippen LogP contribution in [0.2, 0.25) is 5.02 Å². The molecule has 0 bridgehead atoms. The topological polar surface area (TPSA) is 55.1 Å². The van der Waals surface area contributed by atoms with E-state index >= 15 is 0 Å². The number of nitrogens with zero attached hydrogens (tertiary/aromatic N) is 2. The zero-order valence-electron chi connectivity index (χ0n) is 11.9. The predicted octanol–water partition coefficient (Wildman–Crippen LogP) is 4.22. The highest BCUT2D eigenvalue weighted by molar-refractivity contribution is 6.30. The number of rotatable bonds is 5. The number of benzene rings is 2. The molecule has 0 aliphatic heterocycles. The number of aliphatic carboxylic acids is 1.